The molecule has 0 fully saturated rings. The fraction of sp³-hybridized carbons (Fsp3) is 0.118. The molecule has 108 valence electrons. The summed E-state index contributed by atoms with van der Waals surface area (Å²) >= 11 is 0. The number of ether oxygens (including phenoxy) is 1. The fourth-order valence-electron chi connectivity index (χ4n) is 1.83. The van der Waals surface area contributed by atoms with E-state index in [0.29, 0.717) is 17.9 Å². The molecule has 4 nitrogen and oxygen atoms in total. The highest BCUT2D eigenvalue weighted by atomic mass is 16.5. The van der Waals surface area contributed by atoms with Gasteiger partial charge in [-0.25, -0.2) is 0 Å². The lowest BCUT2D eigenvalue weighted by Crippen LogP contribution is -1.94. The molecule has 0 heterocycles. The van der Waals surface area contributed by atoms with Crippen LogP contribution in [0.5, 0.6) is 17.2 Å². The van der Waals surface area contributed by atoms with Crippen LogP contribution in [-0.2, 0) is 0 Å². The molecule has 21 heavy (non-hydrogen) atoms. The van der Waals surface area contributed by atoms with Crippen molar-refractivity contribution in [3.63, 3.8) is 0 Å². The van der Waals surface area contributed by atoms with Gasteiger partial charge >= 0.3 is 0 Å². The van der Waals surface area contributed by atoms with Crippen LogP contribution in [0, 0.1) is 0 Å². The van der Waals surface area contributed by atoms with Gasteiger partial charge in [0.05, 0.1) is 6.61 Å². The lowest BCUT2D eigenvalue weighted by molar-refractivity contribution is 0.104. The molecule has 2 rings (SSSR count). The highest BCUT2D eigenvalue weighted by molar-refractivity contribution is 6.07. The minimum Gasteiger partial charge on any atom is -0.508 e. The van der Waals surface area contributed by atoms with Crippen molar-refractivity contribution in [2.45, 2.75) is 6.92 Å². The number of hydrogen-bond acceptors (Lipinski definition) is 4. The molecule has 0 aliphatic carbocycles. The Bertz CT molecular complexity index is 674. The van der Waals surface area contributed by atoms with Crippen LogP contribution in [0.1, 0.15) is 22.8 Å². The molecule has 0 aliphatic heterocycles. The normalized spacial score (nSPS) is 10.7. The van der Waals surface area contributed by atoms with Gasteiger partial charge < -0.3 is 14.9 Å². The van der Waals surface area contributed by atoms with Crippen molar-refractivity contribution >= 4 is 11.9 Å². The van der Waals surface area contributed by atoms with Gasteiger partial charge in [-0.1, -0.05) is 24.3 Å². The molecule has 2 aromatic carbocycles. The summed E-state index contributed by atoms with van der Waals surface area (Å²) in [6, 6.07) is 11.0. The van der Waals surface area contributed by atoms with E-state index in [9.17, 15) is 15.0 Å². The second kappa shape index (κ2) is 6.61. The predicted molar refractivity (Wildman–Crippen MR) is 80.7 cm³/mol. The van der Waals surface area contributed by atoms with Crippen LogP contribution in [0.4, 0.5) is 0 Å². The highest BCUT2D eigenvalue weighted by Crippen LogP contribution is 2.27. The topological polar surface area (TPSA) is 66.8 Å². The van der Waals surface area contributed by atoms with Crippen molar-refractivity contribution < 1.29 is 19.7 Å². The first-order valence-corrected chi connectivity index (χ1v) is 6.57. The summed E-state index contributed by atoms with van der Waals surface area (Å²) in [4.78, 5) is 12.0. The Balaban J connectivity index is 2.17. The molecule has 0 saturated heterocycles. The molecular formula is C17H16O4. The molecule has 0 aromatic heterocycles. The molecule has 4 heteroatoms. The van der Waals surface area contributed by atoms with Crippen molar-refractivity contribution in [3.05, 3.63) is 59.7 Å². The molecule has 0 saturated carbocycles. The van der Waals surface area contributed by atoms with Crippen LogP contribution in [0.25, 0.3) is 6.08 Å². The summed E-state index contributed by atoms with van der Waals surface area (Å²) in [5.74, 6) is 0.284. The first kappa shape index (κ1) is 14.7. The van der Waals surface area contributed by atoms with Gasteiger partial charge in [0.15, 0.2) is 17.3 Å². The van der Waals surface area contributed by atoms with E-state index in [4.69, 9.17) is 4.74 Å². The number of hydrogen-bond donors (Lipinski definition) is 2. The first-order chi connectivity index (χ1) is 10.1. The quantitative estimate of drug-likeness (QED) is 0.652. The number of allylic oxidation sites excluding steroid dienone is 1. The Morgan fingerprint density at radius 3 is 2.71 bits per heavy atom. The molecular weight excluding hydrogens is 268 g/mol. The highest BCUT2D eigenvalue weighted by Gasteiger charge is 2.04. The van der Waals surface area contributed by atoms with Crippen molar-refractivity contribution in [1.82, 2.24) is 0 Å². The van der Waals surface area contributed by atoms with Gasteiger partial charge in [-0.15, -0.1) is 0 Å². The third-order valence-electron chi connectivity index (χ3n) is 2.84. The largest absolute Gasteiger partial charge is 0.508 e. The number of benzene rings is 2. The molecule has 0 atom stereocenters. The summed E-state index contributed by atoms with van der Waals surface area (Å²) < 4.78 is 5.28. The van der Waals surface area contributed by atoms with E-state index in [2.05, 4.69) is 0 Å². The maximum absolute atomic E-state index is 12.0. The fourth-order valence-corrected chi connectivity index (χ4v) is 1.83. The smallest absolute Gasteiger partial charge is 0.185 e. The molecule has 0 spiro atoms. The molecule has 0 unspecified atom stereocenters. The lowest BCUT2D eigenvalue weighted by atomic mass is 10.1. The van der Waals surface area contributed by atoms with Gasteiger partial charge in [-0.3, -0.25) is 4.79 Å². The third kappa shape index (κ3) is 3.86. The van der Waals surface area contributed by atoms with E-state index in [-0.39, 0.29) is 17.3 Å². The van der Waals surface area contributed by atoms with Crippen molar-refractivity contribution in [3.8, 4) is 17.2 Å². The van der Waals surface area contributed by atoms with E-state index >= 15 is 0 Å². The molecule has 2 aromatic rings. The molecule has 0 aliphatic rings. The maximum Gasteiger partial charge on any atom is 0.185 e. The van der Waals surface area contributed by atoms with Gasteiger partial charge in [0.25, 0.3) is 0 Å². The number of rotatable bonds is 5. The molecule has 2 N–H and O–H groups in total. The maximum atomic E-state index is 12.0. The van der Waals surface area contributed by atoms with Gasteiger partial charge in [-0.2, -0.15) is 0 Å². The zero-order valence-electron chi connectivity index (χ0n) is 11.6. The SMILES string of the molecule is CCOc1cc(/C=C/C(=O)c2cccc(O)c2)ccc1O. The minimum absolute atomic E-state index is 0.0533. The lowest BCUT2D eigenvalue weighted by Gasteiger charge is -2.06. The van der Waals surface area contributed by atoms with Crippen LogP contribution in [-0.4, -0.2) is 22.6 Å². The molecule has 0 radical (unpaired) electrons. The monoisotopic (exact) mass is 284 g/mol. The Labute approximate surface area is 122 Å². The van der Waals surface area contributed by atoms with Crippen LogP contribution in [0.2, 0.25) is 0 Å². The second-order valence-corrected chi connectivity index (χ2v) is 4.41. The minimum atomic E-state index is -0.211. The molecule has 0 amide bonds. The predicted octanol–water partition coefficient (Wildman–Crippen LogP) is 3.39. The Morgan fingerprint density at radius 1 is 1.19 bits per heavy atom. The summed E-state index contributed by atoms with van der Waals surface area (Å²) in [6.07, 6.45) is 3.05. The van der Waals surface area contributed by atoms with Crippen LogP contribution in [0.3, 0.4) is 0 Å². The Morgan fingerprint density at radius 2 is 2.00 bits per heavy atom. The van der Waals surface area contributed by atoms with Crippen molar-refractivity contribution in [2.24, 2.45) is 0 Å². The number of phenolic OH excluding ortho intramolecular Hbond substituents is 2. The van der Waals surface area contributed by atoms with E-state index < -0.39 is 0 Å². The summed E-state index contributed by atoms with van der Waals surface area (Å²) in [7, 11) is 0. The van der Waals surface area contributed by atoms with Gasteiger partial charge in [0.2, 0.25) is 0 Å². The molecule has 0 bridgehead atoms. The second-order valence-electron chi connectivity index (χ2n) is 4.41. The number of ketones is 1. The van der Waals surface area contributed by atoms with E-state index in [1.54, 1.807) is 30.3 Å². The van der Waals surface area contributed by atoms with Gasteiger partial charge in [0.1, 0.15) is 5.75 Å². The zero-order chi connectivity index (χ0) is 15.2. The standard InChI is InChI=1S/C17H16O4/c1-2-21-17-10-12(7-9-16(17)20)6-8-15(19)13-4-3-5-14(18)11-13/h3-11,18,20H,2H2,1H3/b8-6+. The third-order valence-corrected chi connectivity index (χ3v) is 2.84. The van der Waals surface area contributed by atoms with Crippen molar-refractivity contribution in [1.29, 1.82) is 0 Å². The Hall–Kier alpha value is -2.75. The zero-order valence-corrected chi connectivity index (χ0v) is 11.6. The average molecular weight is 284 g/mol. The van der Waals surface area contributed by atoms with Gasteiger partial charge in [-0.05, 0) is 42.8 Å². The first-order valence-electron chi connectivity index (χ1n) is 6.57. The number of aromatic hydroxyl groups is 2. The van der Waals surface area contributed by atoms with E-state index in [0.717, 1.165) is 5.56 Å². The average Bonchev–Trinajstić information content (AvgIpc) is 2.48. The number of carbonyl (C=O) groups is 1. The van der Waals surface area contributed by atoms with Crippen LogP contribution in [0.15, 0.2) is 48.5 Å². The van der Waals surface area contributed by atoms with E-state index in [1.165, 1.54) is 24.3 Å². The summed E-state index contributed by atoms with van der Waals surface area (Å²) in [5, 5.41) is 19.0. The number of phenols is 2. The van der Waals surface area contributed by atoms with Crippen molar-refractivity contribution in [2.75, 3.05) is 6.61 Å². The number of carbonyl (C=O) groups excluding carboxylic acids is 1. The van der Waals surface area contributed by atoms with Crippen LogP contribution < -0.4 is 4.74 Å². The Kier molecular flexibility index (Phi) is 4.61. The van der Waals surface area contributed by atoms with Gasteiger partial charge in [0, 0.05) is 5.56 Å². The summed E-state index contributed by atoms with van der Waals surface area (Å²) in [5.41, 5.74) is 1.15. The van der Waals surface area contributed by atoms with Crippen LogP contribution >= 0.6 is 0 Å². The summed E-state index contributed by atoms with van der Waals surface area (Å²) in [6.45, 7) is 2.27. The van der Waals surface area contributed by atoms with E-state index in [1.807, 2.05) is 6.92 Å².